The third-order valence-corrected chi connectivity index (χ3v) is 6.30. The second-order valence-corrected chi connectivity index (χ2v) is 8.36. The number of carbonyl (C=O) groups is 1. The average Bonchev–Trinajstić information content (AvgIpc) is 3.49. The number of hydrogen-bond donors (Lipinski definition) is 3. The van der Waals surface area contributed by atoms with Crippen molar-refractivity contribution in [3.05, 3.63) is 46.2 Å². The first kappa shape index (κ1) is 20.2. The smallest absolute Gasteiger partial charge is 0.347 e. The van der Waals surface area contributed by atoms with E-state index in [9.17, 15) is 9.90 Å². The Bertz CT molecular complexity index is 1330. The van der Waals surface area contributed by atoms with Crippen molar-refractivity contribution >= 4 is 45.4 Å². The fourth-order valence-electron chi connectivity index (χ4n) is 3.68. The number of aromatic carboxylic acids is 1. The lowest BCUT2D eigenvalue weighted by atomic mass is 10.1. The van der Waals surface area contributed by atoms with Gasteiger partial charge in [0.25, 0.3) is 0 Å². The highest BCUT2D eigenvalue weighted by molar-refractivity contribution is 7.17. The molecule has 3 aromatic heterocycles. The van der Waals surface area contributed by atoms with Crippen LogP contribution >= 0.6 is 11.3 Å². The molecule has 0 spiro atoms. The number of aryl methyl sites for hydroxylation is 2. The maximum atomic E-state index is 11.3. The molecule has 0 saturated carbocycles. The van der Waals surface area contributed by atoms with E-state index in [-0.39, 0.29) is 4.88 Å². The number of carboxylic acids is 1. The van der Waals surface area contributed by atoms with Gasteiger partial charge in [0, 0.05) is 19.5 Å². The molecule has 0 aliphatic carbocycles. The lowest BCUT2D eigenvalue weighted by Gasteiger charge is -2.11. The first-order valence-electron chi connectivity index (χ1n) is 10.2. The zero-order valence-corrected chi connectivity index (χ0v) is 18.4. The van der Waals surface area contributed by atoms with Crippen LogP contribution in [0.1, 0.15) is 33.4 Å². The third-order valence-electron chi connectivity index (χ3n) is 5.24. The van der Waals surface area contributed by atoms with E-state index in [1.165, 1.54) is 5.56 Å². The maximum Gasteiger partial charge on any atom is 0.347 e. The van der Waals surface area contributed by atoms with Crippen LogP contribution in [0.2, 0.25) is 0 Å². The van der Waals surface area contributed by atoms with E-state index in [2.05, 4.69) is 36.6 Å². The summed E-state index contributed by atoms with van der Waals surface area (Å²) >= 11 is 1.05. The summed E-state index contributed by atoms with van der Waals surface area (Å²) in [6.07, 6.45) is 2.65. The Morgan fingerprint density at radius 1 is 1.31 bits per heavy atom. The number of rotatable bonds is 7. The largest absolute Gasteiger partial charge is 0.493 e. The quantitative estimate of drug-likeness (QED) is 0.386. The molecule has 1 aliphatic rings. The second-order valence-electron chi connectivity index (χ2n) is 7.36. The summed E-state index contributed by atoms with van der Waals surface area (Å²) in [6.45, 7) is 5.72. The van der Waals surface area contributed by atoms with Crippen molar-refractivity contribution in [3.8, 4) is 5.75 Å². The van der Waals surface area contributed by atoms with Gasteiger partial charge >= 0.3 is 5.97 Å². The molecule has 0 amide bonds. The van der Waals surface area contributed by atoms with Gasteiger partial charge < -0.3 is 19.7 Å². The van der Waals surface area contributed by atoms with E-state index in [0.717, 1.165) is 47.7 Å². The summed E-state index contributed by atoms with van der Waals surface area (Å²) in [6, 6.07) is 6.19. The fourth-order valence-corrected chi connectivity index (χ4v) is 4.48. The topological polar surface area (TPSA) is 127 Å². The van der Waals surface area contributed by atoms with Gasteiger partial charge in [-0.2, -0.15) is 9.97 Å². The predicted octanol–water partition coefficient (Wildman–Crippen LogP) is 3.60. The van der Waals surface area contributed by atoms with Crippen LogP contribution in [-0.4, -0.2) is 42.2 Å². The van der Waals surface area contributed by atoms with Gasteiger partial charge in [0.05, 0.1) is 18.6 Å². The van der Waals surface area contributed by atoms with Crippen molar-refractivity contribution in [2.24, 2.45) is 0 Å². The number of fused-ring (bicyclic) bond motifs is 2. The molecule has 10 nitrogen and oxygen atoms in total. The molecule has 1 aliphatic heterocycles. The van der Waals surface area contributed by atoms with Crippen LogP contribution in [0.4, 0.5) is 16.9 Å². The molecule has 1 aromatic carbocycles. The highest BCUT2D eigenvalue weighted by Gasteiger charge is 2.18. The van der Waals surface area contributed by atoms with Gasteiger partial charge in [-0.1, -0.05) is 23.5 Å². The number of anilines is 3. The second kappa shape index (κ2) is 8.08. The first-order chi connectivity index (χ1) is 15.5. The van der Waals surface area contributed by atoms with Gasteiger partial charge in [-0.15, -0.1) is 0 Å². The number of nitrogens with zero attached hydrogens (tertiary/aromatic N) is 5. The molecule has 0 radical (unpaired) electrons. The standard InChI is InChI=1S/C21H21N7O3S/c1-3-28-10-23-18-15(28)17(22-9-12-4-5-14-13(8-12)6-7-31-14)25-20(26-18)27-21-24-11(2)16(32-21)19(29)30/h4-5,8,10H,3,6-7,9H2,1-2H3,(H,29,30)(H2,22,24,25,26,27). The summed E-state index contributed by atoms with van der Waals surface area (Å²) in [5.74, 6) is 0.885. The number of nitrogens with one attached hydrogen (secondary N) is 2. The zero-order chi connectivity index (χ0) is 22.2. The number of thiazole rings is 1. The number of imidazole rings is 1. The Hall–Kier alpha value is -3.73. The molecule has 0 saturated heterocycles. The predicted molar refractivity (Wildman–Crippen MR) is 121 cm³/mol. The summed E-state index contributed by atoms with van der Waals surface area (Å²) in [4.78, 5) is 29.3. The zero-order valence-electron chi connectivity index (χ0n) is 17.5. The van der Waals surface area contributed by atoms with Crippen LogP contribution in [0.15, 0.2) is 24.5 Å². The van der Waals surface area contributed by atoms with Crippen LogP contribution in [0.3, 0.4) is 0 Å². The van der Waals surface area contributed by atoms with Crippen LogP contribution in [-0.2, 0) is 19.5 Å². The van der Waals surface area contributed by atoms with Crippen LogP contribution in [0.5, 0.6) is 5.75 Å². The summed E-state index contributed by atoms with van der Waals surface area (Å²) in [5.41, 5.74) is 4.14. The van der Waals surface area contributed by atoms with E-state index in [4.69, 9.17) is 4.74 Å². The number of benzene rings is 1. The molecule has 3 N–H and O–H groups in total. The van der Waals surface area contributed by atoms with Gasteiger partial charge in [-0.3, -0.25) is 5.32 Å². The van der Waals surface area contributed by atoms with Crippen molar-refractivity contribution in [2.45, 2.75) is 33.4 Å². The van der Waals surface area contributed by atoms with Gasteiger partial charge in [0.1, 0.15) is 16.1 Å². The summed E-state index contributed by atoms with van der Waals surface area (Å²) in [5, 5.41) is 16.1. The number of hydrogen-bond acceptors (Lipinski definition) is 9. The van der Waals surface area contributed by atoms with Crippen molar-refractivity contribution < 1.29 is 14.6 Å². The molecule has 0 atom stereocenters. The van der Waals surface area contributed by atoms with Crippen molar-refractivity contribution in [1.29, 1.82) is 0 Å². The van der Waals surface area contributed by atoms with E-state index >= 15 is 0 Å². The van der Waals surface area contributed by atoms with Crippen molar-refractivity contribution in [1.82, 2.24) is 24.5 Å². The van der Waals surface area contributed by atoms with Gasteiger partial charge in [-0.25, -0.2) is 14.8 Å². The highest BCUT2D eigenvalue weighted by Crippen LogP contribution is 2.29. The number of aromatic nitrogens is 5. The Morgan fingerprint density at radius 2 is 2.19 bits per heavy atom. The molecular weight excluding hydrogens is 430 g/mol. The third kappa shape index (κ3) is 3.71. The van der Waals surface area contributed by atoms with E-state index in [0.29, 0.717) is 34.8 Å². The van der Waals surface area contributed by atoms with Gasteiger partial charge in [-0.05, 0) is 31.0 Å². The molecule has 0 bridgehead atoms. The molecule has 11 heteroatoms. The first-order valence-corrected chi connectivity index (χ1v) is 11.0. The number of ether oxygens (including phenoxy) is 1. The Labute approximate surface area is 187 Å². The molecule has 0 fully saturated rings. The fraction of sp³-hybridized carbons (Fsp3) is 0.286. The minimum atomic E-state index is -1.01. The molecule has 4 heterocycles. The SMILES string of the molecule is CCn1cnc2nc(Nc3nc(C)c(C(=O)O)s3)nc(NCc3ccc4c(c3)CCO4)c21. The minimum Gasteiger partial charge on any atom is -0.493 e. The lowest BCUT2D eigenvalue weighted by Crippen LogP contribution is -2.07. The summed E-state index contributed by atoms with van der Waals surface area (Å²) in [7, 11) is 0. The molecule has 32 heavy (non-hydrogen) atoms. The van der Waals surface area contributed by atoms with Crippen LogP contribution < -0.4 is 15.4 Å². The molecule has 4 aromatic rings. The molecule has 0 unspecified atom stereocenters. The Morgan fingerprint density at radius 3 is 2.97 bits per heavy atom. The normalized spacial score (nSPS) is 12.6. The number of carboxylic acid groups (broad SMARTS) is 1. The lowest BCUT2D eigenvalue weighted by molar-refractivity contribution is 0.0701. The molecular formula is C21H21N7O3S. The van der Waals surface area contributed by atoms with Gasteiger partial charge in [0.15, 0.2) is 16.6 Å². The van der Waals surface area contributed by atoms with Crippen molar-refractivity contribution in [2.75, 3.05) is 17.2 Å². The Balaban J connectivity index is 1.45. The molecule has 164 valence electrons. The van der Waals surface area contributed by atoms with Crippen molar-refractivity contribution in [3.63, 3.8) is 0 Å². The van der Waals surface area contributed by atoms with E-state index in [1.807, 2.05) is 23.6 Å². The molecule has 5 rings (SSSR count). The Kier molecular flexibility index (Phi) is 5.10. The van der Waals surface area contributed by atoms with E-state index in [1.54, 1.807) is 13.3 Å². The van der Waals surface area contributed by atoms with Gasteiger partial charge in [0.2, 0.25) is 5.95 Å². The average molecular weight is 452 g/mol. The summed E-state index contributed by atoms with van der Waals surface area (Å²) < 4.78 is 7.57. The maximum absolute atomic E-state index is 11.3. The monoisotopic (exact) mass is 451 g/mol. The minimum absolute atomic E-state index is 0.183. The van der Waals surface area contributed by atoms with Crippen LogP contribution in [0.25, 0.3) is 11.2 Å². The van der Waals surface area contributed by atoms with E-state index < -0.39 is 5.97 Å². The highest BCUT2D eigenvalue weighted by atomic mass is 32.1. The van der Waals surface area contributed by atoms with Crippen LogP contribution in [0, 0.1) is 6.92 Å².